The standard InChI is InChI=1S/C12H16BrFN2OS/c1-18-5-4-11(15)12(17)16-7-8-6-9(14)2-3-10(8)13/h2-3,6,11H,4-5,7,15H2,1H3,(H,16,17)/t11-/m1/s1. The van der Waals surface area contributed by atoms with Gasteiger partial charge in [-0.1, -0.05) is 15.9 Å². The molecule has 0 radical (unpaired) electrons. The number of nitrogens with two attached hydrogens (primary N) is 1. The highest BCUT2D eigenvalue weighted by molar-refractivity contribution is 9.10. The second-order valence-corrected chi connectivity index (χ2v) is 5.68. The highest BCUT2D eigenvalue weighted by Gasteiger charge is 2.13. The van der Waals surface area contributed by atoms with Gasteiger partial charge >= 0.3 is 0 Å². The summed E-state index contributed by atoms with van der Waals surface area (Å²) >= 11 is 4.96. The molecule has 0 aliphatic rings. The molecule has 1 aromatic carbocycles. The molecule has 1 aromatic rings. The minimum Gasteiger partial charge on any atom is -0.351 e. The molecule has 0 saturated heterocycles. The van der Waals surface area contributed by atoms with Crippen molar-refractivity contribution >= 4 is 33.6 Å². The molecule has 0 bridgehead atoms. The summed E-state index contributed by atoms with van der Waals surface area (Å²) in [4.78, 5) is 11.7. The van der Waals surface area contributed by atoms with Gasteiger partial charge in [-0.15, -0.1) is 0 Å². The van der Waals surface area contributed by atoms with E-state index in [-0.39, 0.29) is 18.3 Å². The van der Waals surface area contributed by atoms with Gasteiger partial charge in [0.15, 0.2) is 0 Å². The van der Waals surface area contributed by atoms with Crippen LogP contribution in [-0.2, 0) is 11.3 Å². The fourth-order valence-electron chi connectivity index (χ4n) is 1.37. The van der Waals surface area contributed by atoms with Crippen molar-refractivity contribution in [1.82, 2.24) is 5.32 Å². The van der Waals surface area contributed by atoms with Crippen LogP contribution < -0.4 is 11.1 Å². The highest BCUT2D eigenvalue weighted by Crippen LogP contribution is 2.17. The summed E-state index contributed by atoms with van der Waals surface area (Å²) in [5.74, 6) is 0.312. The largest absolute Gasteiger partial charge is 0.351 e. The predicted molar refractivity (Wildman–Crippen MR) is 76.9 cm³/mol. The Kier molecular flexibility index (Phi) is 6.67. The maximum absolute atomic E-state index is 13.0. The fourth-order valence-corrected chi connectivity index (χ4v) is 2.24. The zero-order valence-electron chi connectivity index (χ0n) is 10.1. The maximum Gasteiger partial charge on any atom is 0.237 e. The van der Waals surface area contributed by atoms with E-state index >= 15 is 0 Å². The first-order valence-corrected chi connectivity index (χ1v) is 7.69. The number of halogens is 2. The van der Waals surface area contributed by atoms with Crippen LogP contribution in [0.25, 0.3) is 0 Å². The van der Waals surface area contributed by atoms with Gasteiger partial charge in [-0.05, 0) is 42.2 Å². The van der Waals surface area contributed by atoms with Crippen LogP contribution >= 0.6 is 27.7 Å². The third-order valence-corrected chi connectivity index (χ3v) is 3.85. The molecule has 0 unspecified atom stereocenters. The van der Waals surface area contributed by atoms with Gasteiger partial charge in [-0.2, -0.15) is 11.8 Å². The van der Waals surface area contributed by atoms with Crippen LogP contribution in [0.4, 0.5) is 4.39 Å². The van der Waals surface area contributed by atoms with Crippen LogP contribution in [0, 0.1) is 5.82 Å². The van der Waals surface area contributed by atoms with Crippen LogP contribution in [0.2, 0.25) is 0 Å². The molecule has 6 heteroatoms. The number of nitrogens with one attached hydrogen (secondary N) is 1. The van der Waals surface area contributed by atoms with E-state index in [4.69, 9.17) is 5.73 Å². The fraction of sp³-hybridized carbons (Fsp3) is 0.417. The molecule has 3 nitrogen and oxygen atoms in total. The summed E-state index contributed by atoms with van der Waals surface area (Å²) in [6.45, 7) is 0.268. The van der Waals surface area contributed by atoms with Crippen molar-refractivity contribution in [2.24, 2.45) is 5.73 Å². The van der Waals surface area contributed by atoms with Crippen LogP contribution in [0.3, 0.4) is 0 Å². The molecule has 0 aliphatic carbocycles. The van der Waals surface area contributed by atoms with E-state index < -0.39 is 6.04 Å². The van der Waals surface area contributed by atoms with E-state index in [0.29, 0.717) is 12.0 Å². The predicted octanol–water partition coefficient (Wildman–Crippen LogP) is 2.28. The molecular formula is C12H16BrFN2OS. The topological polar surface area (TPSA) is 55.1 Å². The molecule has 0 saturated carbocycles. The molecule has 0 aliphatic heterocycles. The van der Waals surface area contributed by atoms with Crippen molar-refractivity contribution in [1.29, 1.82) is 0 Å². The van der Waals surface area contributed by atoms with Gasteiger partial charge in [-0.3, -0.25) is 4.79 Å². The first-order chi connectivity index (χ1) is 8.54. The second kappa shape index (κ2) is 7.76. The second-order valence-electron chi connectivity index (χ2n) is 3.84. The lowest BCUT2D eigenvalue weighted by Gasteiger charge is -2.12. The molecule has 1 rings (SSSR count). The molecule has 1 atom stereocenters. The van der Waals surface area contributed by atoms with Gasteiger partial charge in [0.1, 0.15) is 5.82 Å². The van der Waals surface area contributed by atoms with Crippen LogP contribution in [0.1, 0.15) is 12.0 Å². The average Bonchev–Trinajstić information content (AvgIpc) is 2.36. The Bertz CT molecular complexity index is 417. The zero-order valence-corrected chi connectivity index (χ0v) is 12.5. The number of rotatable bonds is 6. The lowest BCUT2D eigenvalue weighted by Crippen LogP contribution is -2.40. The van der Waals surface area contributed by atoms with Crippen molar-refractivity contribution in [2.75, 3.05) is 12.0 Å². The first kappa shape index (κ1) is 15.5. The highest BCUT2D eigenvalue weighted by atomic mass is 79.9. The lowest BCUT2D eigenvalue weighted by atomic mass is 10.2. The molecule has 0 spiro atoms. The molecule has 18 heavy (non-hydrogen) atoms. The molecule has 3 N–H and O–H groups in total. The maximum atomic E-state index is 13.0. The van der Waals surface area contributed by atoms with Crippen molar-refractivity contribution in [2.45, 2.75) is 19.0 Å². The van der Waals surface area contributed by atoms with Gasteiger partial charge in [-0.25, -0.2) is 4.39 Å². The van der Waals surface area contributed by atoms with E-state index in [1.54, 1.807) is 17.8 Å². The number of thioether (sulfide) groups is 1. The van der Waals surface area contributed by atoms with Gasteiger partial charge in [0.05, 0.1) is 6.04 Å². The number of benzene rings is 1. The molecule has 0 fully saturated rings. The van der Waals surface area contributed by atoms with E-state index in [9.17, 15) is 9.18 Å². The number of hydrogen-bond donors (Lipinski definition) is 2. The average molecular weight is 335 g/mol. The quantitative estimate of drug-likeness (QED) is 0.839. The monoisotopic (exact) mass is 334 g/mol. The first-order valence-electron chi connectivity index (χ1n) is 5.50. The Balaban J connectivity index is 2.49. The Morgan fingerprint density at radius 1 is 1.61 bits per heavy atom. The van der Waals surface area contributed by atoms with Crippen molar-refractivity contribution in [3.8, 4) is 0 Å². The number of amides is 1. The Morgan fingerprint density at radius 3 is 3.00 bits per heavy atom. The van der Waals surface area contributed by atoms with Gasteiger partial charge in [0.25, 0.3) is 0 Å². The molecule has 0 aromatic heterocycles. The Labute approximate surface area is 119 Å². The summed E-state index contributed by atoms with van der Waals surface area (Å²) in [6.07, 6.45) is 2.60. The Hall–Kier alpha value is -0.590. The van der Waals surface area contributed by atoms with Crippen molar-refractivity contribution in [3.05, 3.63) is 34.1 Å². The minimum atomic E-state index is -0.509. The minimum absolute atomic E-state index is 0.208. The lowest BCUT2D eigenvalue weighted by molar-refractivity contribution is -0.122. The third-order valence-electron chi connectivity index (χ3n) is 2.43. The summed E-state index contributed by atoms with van der Waals surface area (Å²) in [7, 11) is 0. The van der Waals surface area contributed by atoms with Crippen LogP contribution in [-0.4, -0.2) is 24.0 Å². The molecular weight excluding hydrogens is 319 g/mol. The van der Waals surface area contributed by atoms with Crippen molar-refractivity contribution in [3.63, 3.8) is 0 Å². The van der Waals surface area contributed by atoms with Crippen molar-refractivity contribution < 1.29 is 9.18 Å². The Morgan fingerprint density at radius 2 is 2.33 bits per heavy atom. The van der Waals surface area contributed by atoms with Gasteiger partial charge in [0, 0.05) is 11.0 Å². The summed E-state index contributed by atoms with van der Waals surface area (Å²) in [5, 5.41) is 2.71. The summed E-state index contributed by atoms with van der Waals surface area (Å²) in [6, 6.07) is 3.85. The van der Waals surface area contributed by atoms with Crippen LogP contribution in [0.15, 0.2) is 22.7 Å². The number of hydrogen-bond acceptors (Lipinski definition) is 3. The van der Waals surface area contributed by atoms with Crippen LogP contribution in [0.5, 0.6) is 0 Å². The SMILES string of the molecule is CSCC[C@@H](N)C(=O)NCc1cc(F)ccc1Br. The number of carbonyl (C=O) groups is 1. The molecule has 100 valence electrons. The normalized spacial score (nSPS) is 12.2. The van der Waals surface area contributed by atoms with Gasteiger partial charge in [0.2, 0.25) is 5.91 Å². The van der Waals surface area contributed by atoms with E-state index in [1.165, 1.54) is 12.1 Å². The van der Waals surface area contributed by atoms with E-state index in [2.05, 4.69) is 21.2 Å². The van der Waals surface area contributed by atoms with Gasteiger partial charge < -0.3 is 11.1 Å². The summed E-state index contributed by atoms with van der Waals surface area (Å²) in [5.41, 5.74) is 6.42. The zero-order chi connectivity index (χ0) is 13.5. The van der Waals surface area contributed by atoms with E-state index in [0.717, 1.165) is 10.2 Å². The van der Waals surface area contributed by atoms with E-state index in [1.807, 2.05) is 6.26 Å². The molecule has 0 heterocycles. The number of carbonyl (C=O) groups excluding carboxylic acids is 1. The summed E-state index contributed by atoms with van der Waals surface area (Å²) < 4.78 is 13.8. The molecule has 1 amide bonds. The smallest absolute Gasteiger partial charge is 0.237 e. The third kappa shape index (κ3) is 4.96.